The summed E-state index contributed by atoms with van der Waals surface area (Å²) in [6, 6.07) is 22.3. The van der Waals surface area contributed by atoms with Crippen molar-refractivity contribution in [2.24, 2.45) is 0 Å². The van der Waals surface area contributed by atoms with Gasteiger partial charge in [-0.05, 0) is 31.2 Å². The molecule has 0 unspecified atom stereocenters. The summed E-state index contributed by atoms with van der Waals surface area (Å²) in [4.78, 5) is 0. The van der Waals surface area contributed by atoms with E-state index in [4.69, 9.17) is 16.1 Å². The number of aromatic nitrogens is 1. The molecule has 1 aliphatic rings. The predicted molar refractivity (Wildman–Crippen MR) is 109 cm³/mol. The quantitative estimate of drug-likeness (QED) is 0.406. The van der Waals surface area contributed by atoms with Crippen molar-refractivity contribution in [1.82, 2.24) is 5.16 Å². The normalized spacial score (nSPS) is 13.3. The number of rotatable bonds is 3. The summed E-state index contributed by atoms with van der Waals surface area (Å²) >= 11 is 6.37. The van der Waals surface area contributed by atoms with Gasteiger partial charge in [-0.3, -0.25) is 0 Å². The average Bonchev–Trinajstić information content (AvgIpc) is 3.07. The molecule has 0 fully saturated rings. The lowest BCUT2D eigenvalue weighted by Crippen LogP contribution is -2.19. The van der Waals surface area contributed by atoms with E-state index in [1.165, 1.54) is 5.56 Å². The second kappa shape index (κ2) is 6.22. The lowest BCUT2D eigenvalue weighted by molar-refractivity contribution is -0.370. The number of nitrogens with zero attached hydrogens (tertiary/aromatic N) is 2. The van der Waals surface area contributed by atoms with Gasteiger partial charge in [0.25, 0.3) is 0 Å². The smallest absolute Gasteiger partial charge is 0.229 e. The summed E-state index contributed by atoms with van der Waals surface area (Å²) < 4.78 is 7.75. The molecular weight excluding hydrogens is 356 g/mol. The van der Waals surface area contributed by atoms with Crippen molar-refractivity contribution in [2.45, 2.75) is 6.92 Å². The number of benzene rings is 3. The van der Waals surface area contributed by atoms with Crippen LogP contribution in [0.25, 0.3) is 22.2 Å². The van der Waals surface area contributed by atoms with Crippen molar-refractivity contribution in [3.63, 3.8) is 0 Å². The van der Waals surface area contributed by atoms with Crippen LogP contribution in [0.3, 0.4) is 0 Å². The third-order valence-electron chi connectivity index (χ3n) is 4.84. The largest absolute Gasteiger partial charge is 0.355 e. The van der Waals surface area contributed by atoms with E-state index in [-0.39, 0.29) is 0 Å². The molecule has 4 aromatic rings. The number of para-hydroxylation sites is 1. The van der Waals surface area contributed by atoms with E-state index in [2.05, 4.69) is 59.1 Å². The molecule has 5 rings (SSSR count). The number of hydrogen-bond acceptors (Lipinski definition) is 2. The first-order valence-corrected chi connectivity index (χ1v) is 9.14. The van der Waals surface area contributed by atoms with E-state index in [9.17, 15) is 0 Å². The van der Waals surface area contributed by atoms with Gasteiger partial charge in [-0.25, -0.2) is 0 Å². The maximum atomic E-state index is 6.37. The van der Waals surface area contributed by atoms with E-state index < -0.39 is 0 Å². The van der Waals surface area contributed by atoms with Crippen molar-refractivity contribution in [3.05, 3.63) is 95.2 Å². The summed E-state index contributed by atoms with van der Waals surface area (Å²) in [5.41, 5.74) is 6.26. The van der Waals surface area contributed by atoms with Gasteiger partial charge in [0.1, 0.15) is 10.5 Å². The summed E-state index contributed by atoms with van der Waals surface area (Å²) in [6.07, 6.45) is 4.11. The van der Waals surface area contributed by atoms with Crippen LogP contribution in [-0.4, -0.2) is 15.4 Å². The predicted octanol–water partition coefficient (Wildman–Crippen LogP) is 6.12. The molecule has 0 spiro atoms. The molecule has 0 saturated heterocycles. The van der Waals surface area contributed by atoms with Crippen LogP contribution in [0.4, 0.5) is 5.69 Å². The topological polar surface area (TPSA) is 29.0 Å². The Morgan fingerprint density at radius 3 is 2.44 bits per heavy atom. The Hall–Kier alpha value is -3.17. The Bertz CT molecular complexity index is 1230. The molecule has 27 heavy (non-hydrogen) atoms. The molecule has 4 heteroatoms. The molecule has 0 aliphatic carbocycles. The molecule has 1 aliphatic heterocycles. The second-order valence-corrected chi connectivity index (χ2v) is 7.04. The molecule has 0 radical (unpaired) electrons. The molecule has 3 nitrogen and oxygen atoms in total. The summed E-state index contributed by atoms with van der Waals surface area (Å²) in [7, 11) is 0. The number of hydrogen-bond donors (Lipinski definition) is 0. The highest BCUT2D eigenvalue weighted by Crippen LogP contribution is 2.32. The third-order valence-corrected chi connectivity index (χ3v) is 5.16. The average molecular weight is 372 g/mol. The fraction of sp³-hybridized carbons (Fsp3) is 0.0435. The maximum absolute atomic E-state index is 6.37. The van der Waals surface area contributed by atoms with E-state index in [0.29, 0.717) is 0 Å². The highest BCUT2D eigenvalue weighted by Gasteiger charge is 2.26. The molecule has 0 bridgehead atoms. The van der Waals surface area contributed by atoms with Gasteiger partial charge in [0, 0.05) is 17.2 Å². The van der Waals surface area contributed by atoms with Crippen molar-refractivity contribution in [3.8, 4) is 11.3 Å². The zero-order valence-corrected chi connectivity index (χ0v) is 15.4. The molecule has 0 atom stereocenters. The Morgan fingerprint density at radius 1 is 0.926 bits per heavy atom. The van der Waals surface area contributed by atoms with Crippen molar-refractivity contribution < 1.29 is 9.10 Å². The number of allylic oxidation sites excluding steroid dienone is 1. The van der Waals surface area contributed by atoms with Crippen LogP contribution in [0.15, 0.2) is 83.5 Å². The summed E-state index contributed by atoms with van der Waals surface area (Å²) in [6.45, 7) is 2.07. The minimum atomic E-state index is 0.728. The lowest BCUT2D eigenvalue weighted by Gasteiger charge is -2.10. The van der Waals surface area contributed by atoms with Crippen molar-refractivity contribution in [1.29, 1.82) is 0 Å². The van der Waals surface area contributed by atoms with Crippen LogP contribution in [0.5, 0.6) is 0 Å². The molecule has 130 valence electrons. The number of halogens is 1. The zero-order valence-electron chi connectivity index (χ0n) is 14.7. The van der Waals surface area contributed by atoms with Crippen molar-refractivity contribution in [2.75, 3.05) is 0 Å². The first-order valence-electron chi connectivity index (χ1n) is 8.76. The molecule has 1 aromatic heterocycles. The van der Waals surface area contributed by atoms with Crippen molar-refractivity contribution >= 4 is 33.9 Å². The van der Waals surface area contributed by atoms with Gasteiger partial charge in [-0.15, -0.1) is 0 Å². The van der Waals surface area contributed by atoms with Crippen LogP contribution in [-0.2, 0) is 0 Å². The zero-order chi connectivity index (χ0) is 18.4. The van der Waals surface area contributed by atoms with E-state index in [1.54, 1.807) is 0 Å². The fourth-order valence-corrected chi connectivity index (χ4v) is 3.56. The van der Waals surface area contributed by atoms with Crippen LogP contribution in [0.2, 0.25) is 5.02 Å². The minimum absolute atomic E-state index is 0.728. The Labute approximate surface area is 161 Å². The van der Waals surface area contributed by atoms with Gasteiger partial charge >= 0.3 is 0 Å². The maximum Gasteiger partial charge on any atom is 0.229 e. The van der Waals surface area contributed by atoms with Crippen LogP contribution < -0.4 is 0 Å². The van der Waals surface area contributed by atoms with Gasteiger partial charge < -0.3 is 4.52 Å². The molecule has 2 heterocycles. The molecule has 0 saturated carbocycles. The Kier molecular flexibility index (Phi) is 3.69. The second-order valence-electron chi connectivity index (χ2n) is 6.63. The third kappa shape index (κ3) is 2.68. The standard InChI is InChI=1S/C23H16ClN2O/c1-15-6-8-16(9-7-15)23-18-14-17(10-11-20(18)25-27-23)21-12-13-26(21)22-5-3-2-4-19(22)24/h2-14H,1H3/q+1. The first kappa shape index (κ1) is 16.0. The Morgan fingerprint density at radius 2 is 1.70 bits per heavy atom. The first-order chi connectivity index (χ1) is 13.2. The number of aryl methyl sites for hydroxylation is 1. The van der Waals surface area contributed by atoms with Crippen LogP contribution in [0, 0.1) is 6.92 Å². The molecule has 0 amide bonds. The van der Waals surface area contributed by atoms with Gasteiger partial charge in [0.2, 0.25) is 11.4 Å². The Balaban J connectivity index is 1.63. The highest BCUT2D eigenvalue weighted by atomic mass is 35.5. The molecule has 3 aromatic carbocycles. The van der Waals surface area contributed by atoms with Gasteiger partial charge in [-0.2, -0.15) is 4.58 Å². The summed E-state index contributed by atoms with van der Waals surface area (Å²) in [5.74, 6) is 0.792. The van der Waals surface area contributed by atoms with E-state index in [0.717, 1.165) is 44.2 Å². The highest BCUT2D eigenvalue weighted by molar-refractivity contribution is 6.32. The SMILES string of the molecule is Cc1ccc(-c2onc3ccc(C4=[N+](c5ccccc5Cl)C=C4)cc23)cc1. The monoisotopic (exact) mass is 371 g/mol. The summed E-state index contributed by atoms with van der Waals surface area (Å²) in [5, 5.41) is 5.95. The fourth-order valence-electron chi connectivity index (χ4n) is 3.33. The van der Waals surface area contributed by atoms with E-state index in [1.807, 2.05) is 36.5 Å². The van der Waals surface area contributed by atoms with Gasteiger partial charge in [-0.1, -0.05) is 58.7 Å². The lowest BCUT2D eigenvalue weighted by atomic mass is 10.0. The van der Waals surface area contributed by atoms with Gasteiger partial charge in [0.05, 0.1) is 11.5 Å². The van der Waals surface area contributed by atoms with E-state index >= 15 is 0 Å². The van der Waals surface area contributed by atoms with Crippen LogP contribution in [0.1, 0.15) is 11.1 Å². The minimum Gasteiger partial charge on any atom is -0.355 e. The molecular formula is C23H16ClN2O+. The molecule has 0 N–H and O–H groups in total. The van der Waals surface area contributed by atoms with Crippen LogP contribution >= 0.6 is 11.6 Å². The van der Waals surface area contributed by atoms with Gasteiger partial charge in [0.15, 0.2) is 12.0 Å². The number of fused-ring (bicyclic) bond motifs is 1.